The van der Waals surface area contributed by atoms with Crippen LogP contribution < -0.4 is 11.3 Å². The Bertz CT molecular complexity index is 763. The number of nitrogen functional groups attached to an aromatic ring is 1. The van der Waals surface area contributed by atoms with E-state index in [9.17, 15) is 4.79 Å². The van der Waals surface area contributed by atoms with Crippen molar-refractivity contribution in [3.63, 3.8) is 0 Å². The molecule has 0 spiro atoms. The quantitative estimate of drug-likeness (QED) is 0.738. The highest BCUT2D eigenvalue weighted by Gasteiger charge is 2.07. The van der Waals surface area contributed by atoms with Crippen LogP contribution in [-0.2, 0) is 6.54 Å². The summed E-state index contributed by atoms with van der Waals surface area (Å²) in [5.41, 5.74) is 5.65. The summed E-state index contributed by atoms with van der Waals surface area (Å²) in [6, 6.07) is 4.92. The van der Waals surface area contributed by atoms with Gasteiger partial charge >= 0.3 is 0 Å². The van der Waals surface area contributed by atoms with E-state index in [0.717, 1.165) is 10.2 Å². The Balaban J connectivity index is 2.05. The van der Waals surface area contributed by atoms with Crippen molar-refractivity contribution in [1.82, 2.24) is 19.7 Å². The molecule has 0 unspecified atom stereocenters. The molecule has 0 fully saturated rings. The predicted molar refractivity (Wildman–Crippen MR) is 69.4 cm³/mol. The zero-order valence-corrected chi connectivity index (χ0v) is 10.1. The predicted octanol–water partition coefficient (Wildman–Crippen LogP) is 0.878. The lowest BCUT2D eigenvalue weighted by molar-refractivity contribution is 0.617. The van der Waals surface area contributed by atoms with E-state index in [4.69, 9.17) is 5.73 Å². The Labute approximate surface area is 106 Å². The van der Waals surface area contributed by atoms with Crippen LogP contribution in [0.1, 0.15) is 5.82 Å². The number of aromatic nitrogens is 4. The normalized spacial score (nSPS) is 10.9. The van der Waals surface area contributed by atoms with Gasteiger partial charge in [0.05, 0.1) is 5.39 Å². The van der Waals surface area contributed by atoms with Gasteiger partial charge < -0.3 is 5.73 Å². The van der Waals surface area contributed by atoms with E-state index in [2.05, 4.69) is 15.1 Å². The van der Waals surface area contributed by atoms with Gasteiger partial charge in [0, 0.05) is 12.3 Å². The summed E-state index contributed by atoms with van der Waals surface area (Å²) < 4.78 is 1.30. The first-order valence-electron chi connectivity index (χ1n) is 5.26. The molecular weight excluding hydrogens is 250 g/mol. The van der Waals surface area contributed by atoms with Gasteiger partial charge in [0.15, 0.2) is 5.82 Å². The molecule has 0 atom stereocenters. The van der Waals surface area contributed by atoms with E-state index in [1.54, 1.807) is 12.3 Å². The van der Waals surface area contributed by atoms with Gasteiger partial charge in [-0.1, -0.05) is 0 Å². The van der Waals surface area contributed by atoms with Crippen LogP contribution >= 0.6 is 11.3 Å². The third kappa shape index (κ3) is 1.84. The van der Waals surface area contributed by atoms with Crippen LogP contribution in [0.4, 0.5) is 5.82 Å². The van der Waals surface area contributed by atoms with Crippen molar-refractivity contribution in [3.8, 4) is 0 Å². The lowest BCUT2D eigenvalue weighted by atomic mass is 10.4. The fourth-order valence-corrected chi connectivity index (χ4v) is 2.43. The summed E-state index contributed by atoms with van der Waals surface area (Å²) in [5.74, 6) is 0.920. The highest BCUT2D eigenvalue weighted by Crippen LogP contribution is 2.22. The van der Waals surface area contributed by atoms with Crippen molar-refractivity contribution >= 4 is 27.4 Å². The maximum absolute atomic E-state index is 11.5. The third-order valence-corrected chi connectivity index (χ3v) is 3.28. The van der Waals surface area contributed by atoms with E-state index in [0.29, 0.717) is 11.6 Å². The summed E-state index contributed by atoms with van der Waals surface area (Å²) >= 11 is 1.49. The van der Waals surface area contributed by atoms with Crippen molar-refractivity contribution in [3.05, 3.63) is 46.0 Å². The van der Waals surface area contributed by atoms with Gasteiger partial charge in [-0.25, -0.2) is 14.6 Å². The van der Waals surface area contributed by atoms with Gasteiger partial charge in [-0.05, 0) is 17.5 Å². The Hall–Kier alpha value is -2.28. The number of hydrogen-bond acceptors (Lipinski definition) is 6. The van der Waals surface area contributed by atoms with Crippen LogP contribution in [0.25, 0.3) is 10.2 Å². The van der Waals surface area contributed by atoms with Crippen LogP contribution in [-0.4, -0.2) is 19.7 Å². The van der Waals surface area contributed by atoms with Gasteiger partial charge in [0.2, 0.25) is 0 Å². The van der Waals surface area contributed by atoms with E-state index >= 15 is 0 Å². The van der Waals surface area contributed by atoms with Crippen molar-refractivity contribution in [2.24, 2.45) is 0 Å². The molecule has 7 heteroatoms. The summed E-state index contributed by atoms with van der Waals surface area (Å²) in [5, 5.41) is 6.71. The van der Waals surface area contributed by atoms with Crippen LogP contribution in [0.15, 0.2) is 34.6 Å². The first-order valence-corrected chi connectivity index (χ1v) is 6.14. The molecule has 0 saturated carbocycles. The minimum Gasteiger partial charge on any atom is -0.383 e. The van der Waals surface area contributed by atoms with Crippen LogP contribution in [0.3, 0.4) is 0 Å². The second kappa shape index (κ2) is 4.19. The molecule has 3 heterocycles. The Kier molecular flexibility index (Phi) is 2.52. The molecule has 0 aromatic carbocycles. The third-order valence-electron chi connectivity index (χ3n) is 2.48. The number of anilines is 1. The van der Waals surface area contributed by atoms with E-state index in [-0.39, 0.29) is 12.1 Å². The second-order valence-corrected chi connectivity index (χ2v) is 4.58. The molecule has 6 nitrogen and oxygen atoms in total. The lowest BCUT2D eigenvalue weighted by Crippen LogP contribution is -2.22. The molecule has 0 aliphatic heterocycles. The number of nitrogens with zero attached hydrogens (tertiary/aromatic N) is 4. The minimum atomic E-state index is -0.189. The van der Waals surface area contributed by atoms with Gasteiger partial charge in [0.1, 0.15) is 17.2 Å². The molecule has 0 aliphatic rings. The van der Waals surface area contributed by atoms with Gasteiger partial charge in [-0.2, -0.15) is 5.10 Å². The average Bonchev–Trinajstić information content (AvgIpc) is 2.81. The number of thiophene rings is 1. The highest BCUT2D eigenvalue weighted by atomic mass is 32.1. The lowest BCUT2D eigenvalue weighted by Gasteiger charge is -2.03. The molecule has 0 saturated heterocycles. The number of fused-ring (bicyclic) bond motifs is 1. The monoisotopic (exact) mass is 259 g/mol. The fraction of sp³-hybridized carbons (Fsp3) is 0.0909. The SMILES string of the molecule is Nc1nc(Cn2ncccc2=O)nc2sccc12. The molecule has 18 heavy (non-hydrogen) atoms. The zero-order valence-electron chi connectivity index (χ0n) is 9.28. The maximum atomic E-state index is 11.5. The smallest absolute Gasteiger partial charge is 0.267 e. The summed E-state index contributed by atoms with van der Waals surface area (Å²) in [6.45, 7) is 0.220. The zero-order chi connectivity index (χ0) is 12.5. The largest absolute Gasteiger partial charge is 0.383 e. The summed E-state index contributed by atoms with van der Waals surface area (Å²) in [4.78, 5) is 20.9. The number of hydrogen-bond donors (Lipinski definition) is 1. The van der Waals surface area contributed by atoms with Crippen molar-refractivity contribution in [2.45, 2.75) is 6.54 Å². The Morgan fingerprint density at radius 2 is 2.22 bits per heavy atom. The molecule has 2 N–H and O–H groups in total. The van der Waals surface area contributed by atoms with Gasteiger partial charge in [-0.15, -0.1) is 11.3 Å². The molecule has 3 aromatic rings. The topological polar surface area (TPSA) is 86.7 Å². The minimum absolute atomic E-state index is 0.189. The Morgan fingerprint density at radius 3 is 3.06 bits per heavy atom. The molecule has 3 aromatic heterocycles. The maximum Gasteiger partial charge on any atom is 0.267 e. The summed E-state index contributed by atoms with van der Waals surface area (Å²) in [6.07, 6.45) is 1.55. The molecular formula is C11H9N5OS. The highest BCUT2D eigenvalue weighted by molar-refractivity contribution is 7.16. The summed E-state index contributed by atoms with van der Waals surface area (Å²) in [7, 11) is 0. The van der Waals surface area contributed by atoms with E-state index in [1.165, 1.54) is 22.1 Å². The van der Waals surface area contributed by atoms with Crippen LogP contribution in [0.2, 0.25) is 0 Å². The number of nitrogens with two attached hydrogens (primary N) is 1. The molecule has 0 radical (unpaired) electrons. The molecule has 3 rings (SSSR count). The van der Waals surface area contributed by atoms with Crippen LogP contribution in [0, 0.1) is 0 Å². The standard InChI is InChI=1S/C11H9N5OS/c12-10-7-3-5-18-11(7)15-8(14-10)6-16-9(17)2-1-4-13-16/h1-5H,6H2,(H2,12,14,15). The van der Waals surface area contributed by atoms with Crippen molar-refractivity contribution < 1.29 is 0 Å². The molecule has 0 bridgehead atoms. The first kappa shape index (κ1) is 10.8. The van der Waals surface area contributed by atoms with Crippen LogP contribution in [0.5, 0.6) is 0 Å². The Morgan fingerprint density at radius 1 is 1.33 bits per heavy atom. The first-order chi connectivity index (χ1) is 8.74. The van der Waals surface area contributed by atoms with Gasteiger partial charge in [0.25, 0.3) is 5.56 Å². The molecule has 90 valence electrons. The molecule has 0 amide bonds. The second-order valence-electron chi connectivity index (χ2n) is 3.68. The molecule has 0 aliphatic carbocycles. The van der Waals surface area contributed by atoms with E-state index in [1.807, 2.05) is 11.4 Å². The van der Waals surface area contributed by atoms with Crippen molar-refractivity contribution in [1.29, 1.82) is 0 Å². The van der Waals surface area contributed by atoms with E-state index < -0.39 is 0 Å². The number of rotatable bonds is 2. The fourth-order valence-electron chi connectivity index (χ4n) is 1.63. The average molecular weight is 259 g/mol. The van der Waals surface area contributed by atoms with Crippen molar-refractivity contribution in [2.75, 3.05) is 5.73 Å². The van der Waals surface area contributed by atoms with Gasteiger partial charge in [-0.3, -0.25) is 4.79 Å².